The molecule has 2 atom stereocenters. The van der Waals surface area contributed by atoms with E-state index >= 15 is 0 Å². The van der Waals surface area contributed by atoms with Gasteiger partial charge in [-0.1, -0.05) is 0 Å². The predicted molar refractivity (Wildman–Crippen MR) is 44.1 cm³/mol. The van der Waals surface area contributed by atoms with Gasteiger partial charge in [-0.15, -0.1) is 0 Å². The number of nitrogens with two attached hydrogens (primary N) is 1. The van der Waals surface area contributed by atoms with Crippen molar-refractivity contribution in [3.63, 3.8) is 0 Å². The second-order valence-corrected chi connectivity index (χ2v) is 3.36. The summed E-state index contributed by atoms with van der Waals surface area (Å²) in [6, 6.07) is 0.472. The molecule has 1 aliphatic heterocycles. The lowest BCUT2D eigenvalue weighted by molar-refractivity contribution is -0.124. The highest BCUT2D eigenvalue weighted by molar-refractivity contribution is 5.79. The van der Waals surface area contributed by atoms with Crippen molar-refractivity contribution >= 4 is 5.91 Å². The molecule has 0 unspecified atom stereocenters. The minimum absolute atomic E-state index is 0.0289. The smallest absolute Gasteiger partial charge is 0.234 e. The molecule has 0 saturated carbocycles. The van der Waals surface area contributed by atoms with Crippen LogP contribution in [-0.4, -0.2) is 29.9 Å². The van der Waals surface area contributed by atoms with Crippen LogP contribution in [0.25, 0.3) is 0 Å². The van der Waals surface area contributed by atoms with Crippen LogP contribution in [0.3, 0.4) is 0 Å². The van der Waals surface area contributed by atoms with Gasteiger partial charge in [0.05, 0.1) is 6.04 Å². The number of nitrogens with zero attached hydrogens (tertiary/aromatic N) is 1. The third kappa shape index (κ3) is 1.71. The fourth-order valence-electron chi connectivity index (χ4n) is 1.66. The van der Waals surface area contributed by atoms with Crippen molar-refractivity contribution < 1.29 is 4.79 Å². The number of likely N-dealkylation sites (tertiary alicyclic amines) is 1. The highest BCUT2D eigenvalue weighted by Crippen LogP contribution is 2.20. The van der Waals surface area contributed by atoms with E-state index in [0.717, 1.165) is 12.8 Å². The van der Waals surface area contributed by atoms with Gasteiger partial charge in [0.1, 0.15) is 0 Å². The number of amides is 1. The molecule has 3 heteroatoms. The molecule has 11 heavy (non-hydrogen) atoms. The summed E-state index contributed by atoms with van der Waals surface area (Å²) < 4.78 is 0. The number of piperidine rings is 1. The van der Waals surface area contributed by atoms with E-state index in [9.17, 15) is 4.79 Å². The quantitative estimate of drug-likeness (QED) is 0.595. The molecule has 1 rings (SSSR count). The normalized spacial score (nSPS) is 33.6. The molecule has 64 valence electrons. The second-order valence-electron chi connectivity index (χ2n) is 3.36. The van der Waals surface area contributed by atoms with Crippen molar-refractivity contribution in [2.45, 2.75) is 38.3 Å². The van der Waals surface area contributed by atoms with Gasteiger partial charge >= 0.3 is 0 Å². The maximum absolute atomic E-state index is 10.9. The molecule has 1 fully saturated rings. The Balaban J connectivity index is 2.58. The summed E-state index contributed by atoms with van der Waals surface area (Å²) in [6.45, 7) is 2.13. The average molecular weight is 156 g/mol. The van der Waals surface area contributed by atoms with E-state index in [0.29, 0.717) is 6.04 Å². The van der Waals surface area contributed by atoms with E-state index < -0.39 is 0 Å². The molecule has 0 aromatic carbocycles. The number of primary amides is 1. The van der Waals surface area contributed by atoms with Crippen LogP contribution in [0, 0.1) is 0 Å². The summed E-state index contributed by atoms with van der Waals surface area (Å²) in [5.74, 6) is -0.181. The lowest BCUT2D eigenvalue weighted by Crippen LogP contribution is -2.49. The summed E-state index contributed by atoms with van der Waals surface area (Å²) in [6.07, 6.45) is 3.23. The Morgan fingerprint density at radius 3 is 2.64 bits per heavy atom. The molecular formula is C8H16N2O. The molecule has 0 aromatic rings. The zero-order valence-corrected chi connectivity index (χ0v) is 7.21. The monoisotopic (exact) mass is 156 g/mol. The molecule has 1 aliphatic rings. The predicted octanol–water partition coefficient (Wildman–Crippen LogP) is 0.344. The topological polar surface area (TPSA) is 46.3 Å². The number of hydrogen-bond donors (Lipinski definition) is 1. The first-order valence-electron chi connectivity index (χ1n) is 4.14. The molecule has 1 heterocycles. The second kappa shape index (κ2) is 3.22. The van der Waals surface area contributed by atoms with Crippen LogP contribution >= 0.6 is 0 Å². The maximum atomic E-state index is 10.9. The summed E-state index contributed by atoms with van der Waals surface area (Å²) in [4.78, 5) is 13.0. The number of likely N-dealkylation sites (N-methyl/N-ethyl adjacent to an activating group) is 1. The van der Waals surface area contributed by atoms with Gasteiger partial charge < -0.3 is 5.73 Å². The first kappa shape index (κ1) is 8.53. The lowest BCUT2D eigenvalue weighted by atomic mass is 9.97. The van der Waals surface area contributed by atoms with Gasteiger partial charge in [0, 0.05) is 6.04 Å². The van der Waals surface area contributed by atoms with Gasteiger partial charge in [-0.2, -0.15) is 0 Å². The van der Waals surface area contributed by atoms with E-state index in [1.165, 1.54) is 6.42 Å². The Hall–Kier alpha value is -0.570. The van der Waals surface area contributed by atoms with E-state index in [4.69, 9.17) is 5.73 Å². The van der Waals surface area contributed by atoms with Crippen LogP contribution in [0.5, 0.6) is 0 Å². The molecule has 2 N–H and O–H groups in total. The Labute approximate surface area is 67.5 Å². The minimum atomic E-state index is -0.181. The SMILES string of the molecule is C[C@H]1CCC[C@@H](C(N)=O)N1C. The molecule has 3 nitrogen and oxygen atoms in total. The van der Waals surface area contributed by atoms with Gasteiger partial charge in [-0.05, 0) is 33.2 Å². The average Bonchev–Trinajstić information content (AvgIpc) is 1.94. The van der Waals surface area contributed by atoms with Crippen molar-refractivity contribution in [2.75, 3.05) is 7.05 Å². The van der Waals surface area contributed by atoms with Crippen molar-refractivity contribution in [3.8, 4) is 0 Å². The third-order valence-electron chi connectivity index (χ3n) is 2.61. The summed E-state index contributed by atoms with van der Waals surface area (Å²) in [7, 11) is 1.97. The molecule has 0 aromatic heterocycles. The zero-order valence-electron chi connectivity index (χ0n) is 7.21. The molecule has 1 saturated heterocycles. The third-order valence-corrected chi connectivity index (χ3v) is 2.61. The van der Waals surface area contributed by atoms with Crippen molar-refractivity contribution in [2.24, 2.45) is 5.73 Å². The number of carbonyl (C=O) groups is 1. The standard InChI is InChI=1S/C8H16N2O/c1-6-4-3-5-7(8(9)11)10(6)2/h6-7H,3-5H2,1-2H3,(H2,9,11)/t6-,7-/m0/s1. The number of rotatable bonds is 1. The molecule has 0 aliphatic carbocycles. The van der Waals surface area contributed by atoms with Crippen LogP contribution in [0.15, 0.2) is 0 Å². The van der Waals surface area contributed by atoms with Gasteiger partial charge in [0.25, 0.3) is 0 Å². The van der Waals surface area contributed by atoms with Crippen LogP contribution < -0.4 is 5.73 Å². The van der Waals surface area contributed by atoms with Crippen molar-refractivity contribution in [1.82, 2.24) is 4.90 Å². The first-order chi connectivity index (χ1) is 5.13. The van der Waals surface area contributed by atoms with Crippen LogP contribution in [-0.2, 0) is 4.79 Å². The zero-order chi connectivity index (χ0) is 8.43. The van der Waals surface area contributed by atoms with Gasteiger partial charge in [0.15, 0.2) is 0 Å². The molecular weight excluding hydrogens is 140 g/mol. The number of carbonyl (C=O) groups excluding carboxylic acids is 1. The lowest BCUT2D eigenvalue weighted by Gasteiger charge is -2.35. The van der Waals surface area contributed by atoms with Gasteiger partial charge in [0.2, 0.25) is 5.91 Å². The molecule has 0 radical (unpaired) electrons. The van der Waals surface area contributed by atoms with Gasteiger partial charge in [-0.3, -0.25) is 9.69 Å². The van der Waals surface area contributed by atoms with E-state index in [-0.39, 0.29) is 11.9 Å². The van der Waals surface area contributed by atoms with Crippen molar-refractivity contribution in [1.29, 1.82) is 0 Å². The Morgan fingerprint density at radius 2 is 2.18 bits per heavy atom. The maximum Gasteiger partial charge on any atom is 0.234 e. The molecule has 1 amide bonds. The number of hydrogen-bond acceptors (Lipinski definition) is 2. The first-order valence-corrected chi connectivity index (χ1v) is 4.14. The Kier molecular flexibility index (Phi) is 2.49. The van der Waals surface area contributed by atoms with Gasteiger partial charge in [-0.25, -0.2) is 0 Å². The Morgan fingerprint density at radius 1 is 1.55 bits per heavy atom. The fraction of sp³-hybridized carbons (Fsp3) is 0.875. The summed E-state index contributed by atoms with van der Waals surface area (Å²) in [5.41, 5.74) is 5.24. The molecule has 0 bridgehead atoms. The van der Waals surface area contributed by atoms with E-state index in [1.54, 1.807) is 0 Å². The van der Waals surface area contributed by atoms with Crippen LogP contribution in [0.1, 0.15) is 26.2 Å². The minimum Gasteiger partial charge on any atom is -0.368 e. The largest absolute Gasteiger partial charge is 0.368 e. The van der Waals surface area contributed by atoms with E-state index in [2.05, 4.69) is 11.8 Å². The highest BCUT2D eigenvalue weighted by atomic mass is 16.1. The molecule has 0 spiro atoms. The van der Waals surface area contributed by atoms with Crippen LogP contribution in [0.4, 0.5) is 0 Å². The highest BCUT2D eigenvalue weighted by Gasteiger charge is 2.27. The summed E-state index contributed by atoms with van der Waals surface area (Å²) in [5, 5.41) is 0. The summed E-state index contributed by atoms with van der Waals surface area (Å²) >= 11 is 0. The fourth-order valence-corrected chi connectivity index (χ4v) is 1.66. The van der Waals surface area contributed by atoms with Crippen molar-refractivity contribution in [3.05, 3.63) is 0 Å². The van der Waals surface area contributed by atoms with Crippen LogP contribution in [0.2, 0.25) is 0 Å². The van der Waals surface area contributed by atoms with E-state index in [1.807, 2.05) is 7.05 Å². The Bertz CT molecular complexity index is 158.